The summed E-state index contributed by atoms with van der Waals surface area (Å²) in [5, 5.41) is 18.0. The molecule has 14 nitrogen and oxygen atoms in total. The number of carbonyl (C=O) groups excluding carboxylic acids is 1. The highest BCUT2D eigenvalue weighted by atomic mass is 32.2. The number of nitrogens with two attached hydrogens (primary N) is 1. The van der Waals surface area contributed by atoms with Gasteiger partial charge >= 0.3 is 13.7 Å². The topological polar surface area (TPSA) is 194 Å². The summed E-state index contributed by atoms with van der Waals surface area (Å²) >= 11 is 0. The van der Waals surface area contributed by atoms with Crippen LogP contribution in [0.25, 0.3) is 5.52 Å². The summed E-state index contributed by atoms with van der Waals surface area (Å²) < 4.78 is 62.2. The number of nitrogens with zero attached hydrogens (tertiary/aromatic N) is 3. The lowest BCUT2D eigenvalue weighted by Gasteiger charge is -2.29. The van der Waals surface area contributed by atoms with E-state index in [-0.39, 0.29) is 30.3 Å². The number of para-hydroxylation sites is 1. The van der Waals surface area contributed by atoms with Crippen molar-refractivity contribution in [3.8, 4) is 5.75 Å². The molecule has 0 spiro atoms. The van der Waals surface area contributed by atoms with E-state index >= 15 is 0 Å². The van der Waals surface area contributed by atoms with Crippen LogP contribution in [-0.2, 0) is 38.8 Å². The van der Waals surface area contributed by atoms with Crippen molar-refractivity contribution in [3.05, 3.63) is 54.5 Å². The number of hydrogen-bond donors (Lipinski definition) is 3. The number of hydrogen-bond acceptors (Lipinski definition) is 12. The number of carbonyl (C=O) groups is 1. The SMILES string of the molecule is CCOC(=O)[C@H](CCS(C)(=O)=O)NP(=O)(OC[C@H]1O[C@@](C)(c2ccc3c(N)ncnn23)[C@@H](C)[C@@H]1O)Oc1ccccc1. The van der Waals surface area contributed by atoms with Gasteiger partial charge in [0.05, 0.1) is 30.8 Å². The minimum atomic E-state index is -4.38. The molecule has 1 unspecified atom stereocenters. The largest absolute Gasteiger partial charge is 0.465 e. The number of fused-ring (bicyclic) bond motifs is 1. The van der Waals surface area contributed by atoms with Gasteiger partial charge in [-0.05, 0) is 44.5 Å². The Labute approximate surface area is 244 Å². The van der Waals surface area contributed by atoms with Gasteiger partial charge in [-0.1, -0.05) is 25.1 Å². The van der Waals surface area contributed by atoms with E-state index in [1.165, 1.54) is 6.33 Å². The summed E-state index contributed by atoms with van der Waals surface area (Å²) in [6, 6.07) is 10.3. The number of nitrogens with one attached hydrogen (secondary N) is 1. The molecule has 0 radical (unpaired) electrons. The van der Waals surface area contributed by atoms with Crippen LogP contribution in [0.1, 0.15) is 32.9 Å². The zero-order valence-electron chi connectivity index (χ0n) is 23.7. The highest BCUT2D eigenvalue weighted by Crippen LogP contribution is 2.49. The van der Waals surface area contributed by atoms with Gasteiger partial charge in [-0.2, -0.15) is 10.2 Å². The summed E-state index contributed by atoms with van der Waals surface area (Å²) in [5.74, 6) is -1.22. The van der Waals surface area contributed by atoms with Gasteiger partial charge in [0, 0.05) is 12.2 Å². The van der Waals surface area contributed by atoms with Crippen molar-refractivity contribution in [1.29, 1.82) is 0 Å². The lowest BCUT2D eigenvalue weighted by molar-refractivity contribution is -0.145. The van der Waals surface area contributed by atoms with Crippen LogP contribution in [-0.4, -0.2) is 77.6 Å². The van der Waals surface area contributed by atoms with Gasteiger partial charge in [0.1, 0.15) is 45.2 Å². The van der Waals surface area contributed by atoms with Crippen molar-refractivity contribution >= 4 is 34.9 Å². The van der Waals surface area contributed by atoms with Crippen LogP contribution in [0.5, 0.6) is 5.75 Å². The van der Waals surface area contributed by atoms with Crippen LogP contribution >= 0.6 is 7.75 Å². The maximum Gasteiger partial charge on any atom is 0.459 e. The normalized spacial score (nSPS) is 24.7. The van der Waals surface area contributed by atoms with Crippen molar-refractivity contribution in [1.82, 2.24) is 19.7 Å². The molecule has 42 heavy (non-hydrogen) atoms. The second-order valence-corrected chi connectivity index (χ2v) is 14.2. The molecule has 0 amide bonds. The maximum absolute atomic E-state index is 14.1. The fraction of sp³-hybridized carbons (Fsp3) is 0.500. The Morgan fingerprint density at radius 2 is 2.00 bits per heavy atom. The third-order valence-corrected chi connectivity index (χ3v) is 9.73. The molecule has 4 rings (SSSR count). The standard InChI is InChI=1S/C26H36N5O9PS/c1-5-37-25(33)19(13-14-42(4,35)36)30-41(34,40-18-9-7-6-8-10-18)38-15-21-23(32)17(2)26(3,39-21)22-12-11-20-24(27)28-16-29-31(20)22/h6-12,16-17,19,21,23,32H,5,13-15H2,1-4H3,(H,30,34)(H2,27,28,29)/t17-,19-,21+,23-,26+,41?/m0/s1. The highest BCUT2D eigenvalue weighted by Gasteiger charge is 2.52. The van der Waals surface area contributed by atoms with E-state index < -0.39 is 59.9 Å². The van der Waals surface area contributed by atoms with E-state index in [0.717, 1.165) is 6.26 Å². The van der Waals surface area contributed by atoms with Crippen molar-refractivity contribution in [2.45, 2.75) is 51.0 Å². The Balaban J connectivity index is 1.58. The Hall–Kier alpha value is -3.07. The number of sulfone groups is 1. The lowest BCUT2D eigenvalue weighted by Crippen LogP contribution is -2.40. The molecule has 16 heteroatoms. The van der Waals surface area contributed by atoms with Crippen molar-refractivity contribution < 1.29 is 41.4 Å². The second-order valence-electron chi connectivity index (χ2n) is 10.3. The van der Waals surface area contributed by atoms with Crippen LogP contribution in [0.2, 0.25) is 0 Å². The quantitative estimate of drug-likeness (QED) is 0.185. The first-order valence-electron chi connectivity index (χ1n) is 13.3. The van der Waals surface area contributed by atoms with Gasteiger partial charge in [0.25, 0.3) is 0 Å². The molecule has 0 aliphatic carbocycles. The molecular weight excluding hydrogens is 589 g/mol. The summed E-state index contributed by atoms with van der Waals surface area (Å²) in [6.07, 6.45) is 0.0698. The molecule has 230 valence electrons. The van der Waals surface area contributed by atoms with Gasteiger partial charge in [0.15, 0.2) is 5.82 Å². The van der Waals surface area contributed by atoms with Gasteiger partial charge < -0.3 is 24.8 Å². The maximum atomic E-state index is 14.1. The summed E-state index contributed by atoms with van der Waals surface area (Å²) in [5.41, 5.74) is 6.12. The highest BCUT2D eigenvalue weighted by molar-refractivity contribution is 7.90. The van der Waals surface area contributed by atoms with Crippen molar-refractivity contribution in [2.24, 2.45) is 5.92 Å². The molecule has 1 fully saturated rings. The molecular formula is C26H36N5O9PS. The summed E-state index contributed by atoms with van der Waals surface area (Å²) in [4.78, 5) is 16.7. The molecule has 0 bridgehead atoms. The molecule has 2 aromatic heterocycles. The Morgan fingerprint density at radius 3 is 2.67 bits per heavy atom. The zero-order valence-corrected chi connectivity index (χ0v) is 25.5. The first kappa shape index (κ1) is 31.9. The molecule has 3 heterocycles. The van der Waals surface area contributed by atoms with Gasteiger partial charge in [-0.3, -0.25) is 9.32 Å². The van der Waals surface area contributed by atoms with E-state index in [4.69, 9.17) is 24.3 Å². The summed E-state index contributed by atoms with van der Waals surface area (Å²) in [7, 11) is -7.85. The van der Waals surface area contributed by atoms with Gasteiger partial charge in [-0.15, -0.1) is 0 Å². The van der Waals surface area contributed by atoms with Crippen molar-refractivity contribution in [2.75, 3.05) is 31.0 Å². The molecule has 6 atom stereocenters. The van der Waals surface area contributed by atoms with Gasteiger partial charge in [-0.25, -0.2) is 22.5 Å². The monoisotopic (exact) mass is 625 g/mol. The molecule has 1 saturated heterocycles. The first-order valence-corrected chi connectivity index (χ1v) is 16.9. The number of anilines is 1. The number of rotatable bonds is 13. The van der Waals surface area contributed by atoms with Crippen LogP contribution < -0.4 is 15.3 Å². The minimum Gasteiger partial charge on any atom is -0.465 e. The number of aromatic nitrogens is 3. The predicted octanol–water partition coefficient (Wildman–Crippen LogP) is 2.08. The fourth-order valence-corrected chi connectivity index (χ4v) is 6.98. The lowest BCUT2D eigenvalue weighted by atomic mass is 9.85. The van der Waals surface area contributed by atoms with Crippen LogP contribution in [0, 0.1) is 5.92 Å². The van der Waals surface area contributed by atoms with Gasteiger partial charge in [0.2, 0.25) is 0 Å². The molecule has 1 aliphatic heterocycles. The van der Waals surface area contributed by atoms with Crippen molar-refractivity contribution in [3.63, 3.8) is 0 Å². The third-order valence-electron chi connectivity index (χ3n) is 7.19. The Morgan fingerprint density at radius 1 is 1.29 bits per heavy atom. The van der Waals surface area contributed by atoms with Crippen LogP contribution in [0.3, 0.4) is 0 Å². The zero-order chi connectivity index (χ0) is 30.7. The number of ether oxygens (including phenoxy) is 2. The molecule has 0 saturated carbocycles. The van der Waals surface area contributed by atoms with E-state index in [1.54, 1.807) is 67.8 Å². The fourth-order valence-electron chi connectivity index (χ4n) is 4.78. The average Bonchev–Trinajstić information content (AvgIpc) is 3.47. The second kappa shape index (κ2) is 12.7. The van der Waals surface area contributed by atoms with E-state index in [0.29, 0.717) is 11.2 Å². The van der Waals surface area contributed by atoms with Crippen LogP contribution in [0.4, 0.5) is 5.82 Å². The predicted molar refractivity (Wildman–Crippen MR) is 153 cm³/mol. The third kappa shape index (κ3) is 7.10. The molecule has 1 aromatic carbocycles. The van der Waals surface area contributed by atoms with E-state index in [9.17, 15) is 22.9 Å². The molecule has 4 N–H and O–H groups in total. The summed E-state index contributed by atoms with van der Waals surface area (Å²) in [6.45, 7) is 4.80. The molecule has 1 aliphatic rings. The number of aliphatic hydroxyl groups excluding tert-OH is 1. The molecule has 3 aromatic rings. The number of esters is 1. The Kier molecular flexibility index (Phi) is 9.60. The van der Waals surface area contributed by atoms with E-state index in [2.05, 4.69) is 15.2 Å². The van der Waals surface area contributed by atoms with Crippen LogP contribution in [0.15, 0.2) is 48.8 Å². The van der Waals surface area contributed by atoms with E-state index in [1.807, 2.05) is 0 Å². The number of aliphatic hydroxyl groups is 1. The number of nitrogen functional groups attached to an aromatic ring is 1. The average molecular weight is 626 g/mol. The number of benzene rings is 1. The first-order chi connectivity index (χ1) is 19.8. The minimum absolute atomic E-state index is 0.0180. The Bertz CT molecular complexity index is 1550. The smallest absolute Gasteiger partial charge is 0.459 e.